The first-order valence-corrected chi connectivity index (χ1v) is 24.8. The molecule has 13 aromatic rings. The number of nitrogens with zero attached hydrogens (tertiary/aromatic N) is 2. The van der Waals surface area contributed by atoms with Crippen molar-refractivity contribution in [2.45, 2.75) is 0 Å². The predicted octanol–water partition coefficient (Wildman–Crippen LogP) is 18.9. The van der Waals surface area contributed by atoms with E-state index in [2.05, 4.69) is 300 Å². The second-order valence-electron chi connectivity index (χ2n) is 18.4. The van der Waals surface area contributed by atoms with E-state index in [9.17, 15) is 0 Å². The molecular weight excluding hydrogens is 869 g/mol. The standard InChI is InChI=1S/C70H48N2/c1-7-21-51(22-8-1)63-45-46-64(52-23-9-2-10-24-52)71(63)57-41-37-49(38-42-57)59-33-19-35-61-68(56-31-17-6-18-32-56)70-60(34-20-36-62(70)67(69(59)61)55-29-15-5-16-30-55)50-39-43-58(44-40-50)72-65(53-25-11-3-12-26-53)47-48-66(72)54-27-13-4-14-28-54/h1-48H. The first kappa shape index (κ1) is 42.6. The fourth-order valence-electron chi connectivity index (χ4n) is 11.0. The summed E-state index contributed by atoms with van der Waals surface area (Å²) >= 11 is 0. The molecule has 0 fully saturated rings. The molecule has 0 unspecified atom stereocenters. The Balaban J connectivity index is 1.01. The van der Waals surface area contributed by atoms with Gasteiger partial charge in [-0.15, -0.1) is 0 Å². The molecule has 72 heavy (non-hydrogen) atoms. The Morgan fingerprint density at radius 1 is 0.181 bits per heavy atom. The molecule has 13 rings (SSSR count). The molecule has 2 aromatic heterocycles. The minimum Gasteiger partial charge on any atom is -0.309 e. The molecular formula is C70H48N2. The smallest absolute Gasteiger partial charge is 0.0535 e. The molecule has 0 aliphatic heterocycles. The second kappa shape index (κ2) is 18.4. The summed E-state index contributed by atoms with van der Waals surface area (Å²) in [4.78, 5) is 0. The van der Waals surface area contributed by atoms with Gasteiger partial charge in [0.25, 0.3) is 0 Å². The Labute approximate surface area is 420 Å². The summed E-state index contributed by atoms with van der Waals surface area (Å²) in [5.74, 6) is 0. The van der Waals surface area contributed by atoms with Gasteiger partial charge in [0.1, 0.15) is 0 Å². The van der Waals surface area contributed by atoms with Gasteiger partial charge in [0.05, 0.1) is 22.8 Å². The molecule has 0 saturated heterocycles. The van der Waals surface area contributed by atoms with Crippen LogP contribution in [0.2, 0.25) is 0 Å². The highest BCUT2D eigenvalue weighted by Crippen LogP contribution is 2.50. The van der Waals surface area contributed by atoms with Crippen molar-refractivity contribution in [2.24, 2.45) is 0 Å². The third-order valence-electron chi connectivity index (χ3n) is 14.2. The summed E-state index contributed by atoms with van der Waals surface area (Å²) in [7, 11) is 0. The SMILES string of the molecule is c1ccc(-c2c3cccc(-c4ccc(-n5c(-c6ccccc6)ccc5-c5ccccc5)cc4)c3c(-c3ccccc3)c3cccc(-c4ccc(-n5c(-c6ccccc6)ccc5-c5ccccc5)cc4)c23)cc1. The van der Waals surface area contributed by atoms with Crippen molar-refractivity contribution in [3.05, 3.63) is 291 Å². The molecule has 0 aliphatic rings. The van der Waals surface area contributed by atoms with E-state index in [-0.39, 0.29) is 0 Å². The van der Waals surface area contributed by atoms with Crippen molar-refractivity contribution in [3.63, 3.8) is 0 Å². The third-order valence-corrected chi connectivity index (χ3v) is 14.2. The van der Waals surface area contributed by atoms with Crippen LogP contribution in [0.5, 0.6) is 0 Å². The zero-order chi connectivity index (χ0) is 47.8. The number of rotatable bonds is 10. The van der Waals surface area contributed by atoms with E-state index in [1.807, 2.05) is 0 Å². The van der Waals surface area contributed by atoms with Gasteiger partial charge >= 0.3 is 0 Å². The maximum absolute atomic E-state index is 2.39. The van der Waals surface area contributed by atoms with Gasteiger partial charge in [-0.1, -0.05) is 243 Å². The van der Waals surface area contributed by atoms with E-state index in [4.69, 9.17) is 0 Å². The largest absolute Gasteiger partial charge is 0.309 e. The van der Waals surface area contributed by atoms with Gasteiger partial charge in [-0.25, -0.2) is 0 Å². The monoisotopic (exact) mass is 916 g/mol. The second-order valence-corrected chi connectivity index (χ2v) is 18.4. The van der Waals surface area contributed by atoms with E-state index in [1.165, 1.54) is 77.2 Å². The molecule has 0 spiro atoms. The van der Waals surface area contributed by atoms with Crippen LogP contribution < -0.4 is 0 Å². The molecule has 2 heterocycles. The van der Waals surface area contributed by atoms with Crippen LogP contribution in [0, 0.1) is 0 Å². The molecule has 0 N–H and O–H groups in total. The number of aromatic nitrogens is 2. The van der Waals surface area contributed by atoms with Crippen molar-refractivity contribution >= 4 is 21.5 Å². The fourth-order valence-corrected chi connectivity index (χ4v) is 11.0. The molecule has 0 amide bonds. The molecule has 0 saturated carbocycles. The van der Waals surface area contributed by atoms with E-state index in [1.54, 1.807) is 0 Å². The summed E-state index contributed by atoms with van der Waals surface area (Å²) < 4.78 is 4.79. The first-order valence-electron chi connectivity index (χ1n) is 24.8. The summed E-state index contributed by atoms with van der Waals surface area (Å²) in [6.07, 6.45) is 0. The van der Waals surface area contributed by atoms with E-state index >= 15 is 0 Å². The lowest BCUT2D eigenvalue weighted by Crippen LogP contribution is -2.00. The Hall–Kier alpha value is -9.50. The molecule has 11 aromatic carbocycles. The number of hydrogen-bond acceptors (Lipinski definition) is 0. The van der Waals surface area contributed by atoms with Gasteiger partial charge in [0, 0.05) is 11.4 Å². The van der Waals surface area contributed by atoms with Gasteiger partial charge in [-0.3, -0.25) is 0 Å². The normalized spacial score (nSPS) is 11.3. The van der Waals surface area contributed by atoms with Crippen molar-refractivity contribution in [3.8, 4) is 101 Å². The number of hydrogen-bond donors (Lipinski definition) is 0. The van der Waals surface area contributed by atoms with Crippen LogP contribution in [-0.4, -0.2) is 9.13 Å². The van der Waals surface area contributed by atoms with Crippen LogP contribution in [0.4, 0.5) is 0 Å². The summed E-state index contributed by atoms with van der Waals surface area (Å²) in [5.41, 5.74) is 21.1. The maximum Gasteiger partial charge on any atom is 0.0535 e. The van der Waals surface area contributed by atoms with Gasteiger partial charge in [0.2, 0.25) is 0 Å². The lowest BCUT2D eigenvalue weighted by molar-refractivity contribution is 1.09. The van der Waals surface area contributed by atoms with Crippen LogP contribution >= 0.6 is 0 Å². The van der Waals surface area contributed by atoms with Crippen molar-refractivity contribution < 1.29 is 0 Å². The van der Waals surface area contributed by atoms with E-state index < -0.39 is 0 Å². The molecule has 0 bridgehead atoms. The molecule has 0 radical (unpaired) electrons. The van der Waals surface area contributed by atoms with E-state index in [0.717, 1.165) is 45.3 Å². The minimum absolute atomic E-state index is 1.11. The highest BCUT2D eigenvalue weighted by molar-refractivity contribution is 6.27. The van der Waals surface area contributed by atoms with Crippen molar-refractivity contribution in [1.29, 1.82) is 0 Å². The quantitative estimate of drug-likeness (QED) is 0.121. The van der Waals surface area contributed by atoms with Crippen molar-refractivity contribution in [1.82, 2.24) is 9.13 Å². The first-order chi connectivity index (χ1) is 35.8. The summed E-state index contributed by atoms with van der Waals surface area (Å²) in [6, 6.07) is 106. The number of fused-ring (bicyclic) bond motifs is 2. The summed E-state index contributed by atoms with van der Waals surface area (Å²) in [5, 5.41) is 4.91. The van der Waals surface area contributed by atoms with Crippen molar-refractivity contribution in [2.75, 3.05) is 0 Å². The zero-order valence-electron chi connectivity index (χ0n) is 39.6. The highest BCUT2D eigenvalue weighted by atomic mass is 15.0. The Morgan fingerprint density at radius 3 is 0.722 bits per heavy atom. The molecule has 2 heteroatoms. The third kappa shape index (κ3) is 7.54. The van der Waals surface area contributed by atoms with Crippen LogP contribution in [0.3, 0.4) is 0 Å². The number of benzene rings is 11. The molecule has 338 valence electrons. The topological polar surface area (TPSA) is 9.86 Å². The molecule has 2 nitrogen and oxygen atoms in total. The average molecular weight is 917 g/mol. The van der Waals surface area contributed by atoms with Gasteiger partial charge in [0.15, 0.2) is 0 Å². The Kier molecular flexibility index (Phi) is 10.9. The Morgan fingerprint density at radius 2 is 0.444 bits per heavy atom. The van der Waals surface area contributed by atoms with Gasteiger partial charge < -0.3 is 9.13 Å². The lowest BCUT2D eigenvalue weighted by Gasteiger charge is -2.22. The van der Waals surface area contributed by atoms with Crippen LogP contribution in [-0.2, 0) is 0 Å². The van der Waals surface area contributed by atoms with Gasteiger partial charge in [-0.05, 0) is 137 Å². The fraction of sp³-hybridized carbons (Fsp3) is 0. The van der Waals surface area contributed by atoms with E-state index in [0.29, 0.717) is 0 Å². The predicted molar refractivity (Wildman–Crippen MR) is 304 cm³/mol. The van der Waals surface area contributed by atoms with Crippen LogP contribution in [0.25, 0.3) is 122 Å². The van der Waals surface area contributed by atoms with Crippen LogP contribution in [0.15, 0.2) is 291 Å². The maximum atomic E-state index is 2.39. The van der Waals surface area contributed by atoms with Crippen LogP contribution in [0.1, 0.15) is 0 Å². The minimum atomic E-state index is 1.11. The average Bonchev–Trinajstić information content (AvgIpc) is 4.12. The molecule has 0 atom stereocenters. The Bertz CT molecular complexity index is 3620. The lowest BCUT2D eigenvalue weighted by atomic mass is 9.81. The zero-order valence-corrected chi connectivity index (χ0v) is 39.6. The molecule has 0 aliphatic carbocycles. The van der Waals surface area contributed by atoms with Gasteiger partial charge in [-0.2, -0.15) is 0 Å². The summed E-state index contributed by atoms with van der Waals surface area (Å²) in [6.45, 7) is 0. The highest BCUT2D eigenvalue weighted by Gasteiger charge is 2.23.